The Hall–Kier alpha value is -1.96. The zero-order valence-corrected chi connectivity index (χ0v) is 12.1. The molecule has 2 aromatic rings. The highest BCUT2D eigenvalue weighted by atomic mass is 19.1. The molecule has 0 saturated heterocycles. The van der Waals surface area contributed by atoms with Gasteiger partial charge in [-0.15, -0.1) is 0 Å². The summed E-state index contributed by atoms with van der Waals surface area (Å²) in [6.45, 7) is 6.13. The van der Waals surface area contributed by atoms with Crippen molar-refractivity contribution in [1.29, 1.82) is 0 Å². The van der Waals surface area contributed by atoms with Gasteiger partial charge in [-0.25, -0.2) is 4.39 Å². The van der Waals surface area contributed by atoms with E-state index in [2.05, 4.69) is 13.8 Å². The van der Waals surface area contributed by atoms with E-state index in [-0.39, 0.29) is 11.3 Å². The molecular formula is C18H19FO. The van der Waals surface area contributed by atoms with Crippen LogP contribution in [-0.4, -0.2) is 5.78 Å². The number of ketones is 1. The summed E-state index contributed by atoms with van der Waals surface area (Å²) in [5.41, 5.74) is 2.75. The topological polar surface area (TPSA) is 17.1 Å². The number of halogens is 1. The maximum absolute atomic E-state index is 13.7. The summed E-state index contributed by atoms with van der Waals surface area (Å²) in [4.78, 5) is 12.3. The molecule has 1 unspecified atom stereocenters. The molecular weight excluding hydrogens is 251 g/mol. The summed E-state index contributed by atoms with van der Waals surface area (Å²) in [5.74, 6) is -0.261. The van der Waals surface area contributed by atoms with Crippen LogP contribution in [0.4, 0.5) is 4.39 Å². The van der Waals surface area contributed by atoms with Gasteiger partial charge in [-0.05, 0) is 37.0 Å². The maximum Gasteiger partial charge on any atom is 0.195 e. The highest BCUT2D eigenvalue weighted by molar-refractivity contribution is 6.09. The first-order chi connectivity index (χ1) is 9.52. The first kappa shape index (κ1) is 14.4. The van der Waals surface area contributed by atoms with Gasteiger partial charge in [0.2, 0.25) is 0 Å². The van der Waals surface area contributed by atoms with E-state index in [4.69, 9.17) is 0 Å². The number of hydrogen-bond donors (Lipinski definition) is 0. The Morgan fingerprint density at radius 3 is 2.40 bits per heavy atom. The molecule has 1 nitrogen and oxygen atoms in total. The molecule has 2 rings (SSSR count). The van der Waals surface area contributed by atoms with E-state index < -0.39 is 5.82 Å². The Kier molecular flexibility index (Phi) is 4.33. The Morgan fingerprint density at radius 1 is 1.15 bits per heavy atom. The Bertz CT molecular complexity index is 614. The average molecular weight is 270 g/mol. The molecule has 0 aromatic heterocycles. The molecule has 0 aliphatic carbocycles. The van der Waals surface area contributed by atoms with E-state index >= 15 is 0 Å². The van der Waals surface area contributed by atoms with Crippen LogP contribution in [0.15, 0.2) is 42.5 Å². The van der Waals surface area contributed by atoms with Crippen LogP contribution in [0, 0.1) is 12.7 Å². The van der Waals surface area contributed by atoms with Crippen molar-refractivity contribution in [2.24, 2.45) is 0 Å². The lowest BCUT2D eigenvalue weighted by molar-refractivity contribution is 0.103. The quantitative estimate of drug-likeness (QED) is 0.724. The first-order valence-corrected chi connectivity index (χ1v) is 6.93. The smallest absolute Gasteiger partial charge is 0.195 e. The molecule has 0 bridgehead atoms. The normalized spacial score (nSPS) is 12.2. The zero-order chi connectivity index (χ0) is 14.7. The highest BCUT2D eigenvalue weighted by Gasteiger charge is 2.14. The van der Waals surface area contributed by atoms with Gasteiger partial charge in [0.25, 0.3) is 0 Å². The molecule has 0 aliphatic rings. The third-order valence-electron chi connectivity index (χ3n) is 3.72. The van der Waals surface area contributed by atoms with Gasteiger partial charge in [-0.3, -0.25) is 4.79 Å². The van der Waals surface area contributed by atoms with Crippen molar-refractivity contribution in [3.63, 3.8) is 0 Å². The predicted molar refractivity (Wildman–Crippen MR) is 79.7 cm³/mol. The molecule has 0 aliphatic heterocycles. The second-order valence-electron chi connectivity index (χ2n) is 5.24. The van der Waals surface area contributed by atoms with E-state index in [1.165, 1.54) is 11.6 Å². The van der Waals surface area contributed by atoms with E-state index in [0.717, 1.165) is 12.0 Å². The van der Waals surface area contributed by atoms with Crippen molar-refractivity contribution in [3.05, 3.63) is 70.5 Å². The van der Waals surface area contributed by atoms with Crippen LogP contribution in [-0.2, 0) is 0 Å². The zero-order valence-electron chi connectivity index (χ0n) is 12.1. The Morgan fingerprint density at radius 2 is 1.80 bits per heavy atom. The molecule has 0 radical (unpaired) electrons. The number of carbonyl (C=O) groups is 1. The van der Waals surface area contributed by atoms with Crippen molar-refractivity contribution < 1.29 is 9.18 Å². The van der Waals surface area contributed by atoms with Crippen LogP contribution in [0.25, 0.3) is 0 Å². The molecule has 0 spiro atoms. The predicted octanol–water partition coefficient (Wildman–Crippen LogP) is 4.88. The van der Waals surface area contributed by atoms with E-state index in [1.807, 2.05) is 19.1 Å². The second kappa shape index (κ2) is 6.00. The molecule has 0 amide bonds. The lowest BCUT2D eigenvalue weighted by Crippen LogP contribution is -2.05. The van der Waals surface area contributed by atoms with Crippen molar-refractivity contribution >= 4 is 5.78 Å². The number of benzene rings is 2. The lowest BCUT2D eigenvalue weighted by atomic mass is 9.95. The highest BCUT2D eigenvalue weighted by Crippen LogP contribution is 2.21. The summed E-state index contributed by atoms with van der Waals surface area (Å²) in [6.07, 6.45) is 1.06. The molecule has 0 heterocycles. The molecule has 0 saturated carbocycles. The van der Waals surface area contributed by atoms with E-state index in [1.54, 1.807) is 24.3 Å². The largest absolute Gasteiger partial charge is 0.288 e. The first-order valence-electron chi connectivity index (χ1n) is 6.93. The van der Waals surface area contributed by atoms with Gasteiger partial charge < -0.3 is 0 Å². The standard InChI is InChI=1S/C18H19FO/c1-4-13(3)14-6-8-15(9-7-14)18(20)16-11-12(2)5-10-17(16)19/h5-11,13H,4H2,1-3H3. The fourth-order valence-corrected chi connectivity index (χ4v) is 2.17. The fourth-order valence-electron chi connectivity index (χ4n) is 2.17. The number of rotatable bonds is 4. The maximum atomic E-state index is 13.7. The van der Waals surface area contributed by atoms with E-state index in [0.29, 0.717) is 11.5 Å². The minimum Gasteiger partial charge on any atom is -0.288 e. The van der Waals surface area contributed by atoms with Gasteiger partial charge in [0, 0.05) is 5.56 Å². The van der Waals surface area contributed by atoms with Crippen molar-refractivity contribution in [3.8, 4) is 0 Å². The van der Waals surface area contributed by atoms with Gasteiger partial charge in [-0.2, -0.15) is 0 Å². The number of carbonyl (C=O) groups excluding carboxylic acids is 1. The molecule has 0 fully saturated rings. The van der Waals surface area contributed by atoms with Gasteiger partial charge in [0.05, 0.1) is 5.56 Å². The van der Waals surface area contributed by atoms with Crippen LogP contribution in [0.5, 0.6) is 0 Å². The molecule has 2 heteroatoms. The minimum absolute atomic E-state index is 0.140. The van der Waals surface area contributed by atoms with Crippen LogP contribution in [0.2, 0.25) is 0 Å². The second-order valence-corrected chi connectivity index (χ2v) is 5.24. The third kappa shape index (κ3) is 2.96. The Balaban J connectivity index is 2.32. The molecule has 20 heavy (non-hydrogen) atoms. The van der Waals surface area contributed by atoms with Gasteiger partial charge in [-0.1, -0.05) is 49.7 Å². The summed E-state index contributed by atoms with van der Waals surface area (Å²) in [5, 5.41) is 0. The summed E-state index contributed by atoms with van der Waals surface area (Å²) < 4.78 is 13.7. The Labute approximate surface area is 119 Å². The summed E-state index contributed by atoms with van der Waals surface area (Å²) in [6, 6.07) is 12.1. The molecule has 2 aromatic carbocycles. The summed E-state index contributed by atoms with van der Waals surface area (Å²) in [7, 11) is 0. The fraction of sp³-hybridized carbons (Fsp3) is 0.278. The summed E-state index contributed by atoms with van der Waals surface area (Å²) >= 11 is 0. The van der Waals surface area contributed by atoms with Crippen LogP contribution < -0.4 is 0 Å². The molecule has 0 N–H and O–H groups in total. The number of aryl methyl sites for hydroxylation is 1. The average Bonchev–Trinajstić information content (AvgIpc) is 2.48. The third-order valence-corrected chi connectivity index (χ3v) is 3.72. The monoisotopic (exact) mass is 270 g/mol. The van der Waals surface area contributed by atoms with Gasteiger partial charge in [0.15, 0.2) is 5.78 Å². The van der Waals surface area contributed by atoms with Gasteiger partial charge >= 0.3 is 0 Å². The number of hydrogen-bond acceptors (Lipinski definition) is 1. The van der Waals surface area contributed by atoms with Crippen LogP contribution in [0.3, 0.4) is 0 Å². The van der Waals surface area contributed by atoms with Crippen LogP contribution in [0.1, 0.15) is 53.2 Å². The van der Waals surface area contributed by atoms with Crippen LogP contribution >= 0.6 is 0 Å². The van der Waals surface area contributed by atoms with E-state index in [9.17, 15) is 9.18 Å². The van der Waals surface area contributed by atoms with Gasteiger partial charge in [0.1, 0.15) is 5.82 Å². The van der Waals surface area contributed by atoms with Crippen molar-refractivity contribution in [1.82, 2.24) is 0 Å². The lowest BCUT2D eigenvalue weighted by Gasteiger charge is -2.10. The van der Waals surface area contributed by atoms with Crippen molar-refractivity contribution in [2.75, 3.05) is 0 Å². The molecule has 1 atom stereocenters. The minimum atomic E-state index is -0.466. The molecule has 104 valence electrons. The SMILES string of the molecule is CCC(C)c1ccc(C(=O)c2cc(C)ccc2F)cc1. The van der Waals surface area contributed by atoms with Crippen molar-refractivity contribution in [2.45, 2.75) is 33.1 Å².